The van der Waals surface area contributed by atoms with Crippen molar-refractivity contribution in [3.63, 3.8) is 0 Å². The summed E-state index contributed by atoms with van der Waals surface area (Å²) in [5, 5.41) is 16.9. The van der Waals surface area contributed by atoms with Gasteiger partial charge in [-0.05, 0) is 24.1 Å². The Kier molecular flexibility index (Phi) is 3.14. The second kappa shape index (κ2) is 4.14. The molecule has 0 aliphatic carbocycles. The first kappa shape index (κ1) is 9.10. The molecule has 0 atom stereocenters. The molecular weight excluding hydrogens is 155 g/mol. The van der Waals surface area contributed by atoms with Crippen LogP contribution in [0.25, 0.3) is 0 Å². The van der Waals surface area contributed by atoms with Crippen LogP contribution in [0.2, 0.25) is 0 Å². The van der Waals surface area contributed by atoms with Crippen LogP contribution in [0.5, 0.6) is 5.75 Å². The van der Waals surface area contributed by atoms with Crippen LogP contribution < -0.4 is 4.65 Å². The molecule has 0 aromatic heterocycles. The molecule has 0 heterocycles. The van der Waals surface area contributed by atoms with Gasteiger partial charge in [0, 0.05) is 0 Å². The van der Waals surface area contributed by atoms with E-state index >= 15 is 0 Å². The molecule has 0 fully saturated rings. The highest BCUT2D eigenvalue weighted by Crippen LogP contribution is 2.12. The number of hydrogen-bond acceptors (Lipinski definition) is 3. The molecule has 0 saturated heterocycles. The van der Waals surface area contributed by atoms with Gasteiger partial charge in [0.05, 0.1) is 0 Å². The van der Waals surface area contributed by atoms with Gasteiger partial charge >= 0.3 is 7.32 Å². The molecular formula is C8H11BO3. The zero-order valence-corrected chi connectivity index (χ0v) is 6.90. The summed E-state index contributed by atoms with van der Waals surface area (Å²) >= 11 is 0. The van der Waals surface area contributed by atoms with Gasteiger partial charge in [0.1, 0.15) is 5.75 Å². The molecule has 0 aliphatic heterocycles. The predicted molar refractivity (Wildman–Crippen MR) is 46.6 cm³/mol. The Morgan fingerprint density at radius 2 is 1.83 bits per heavy atom. The molecule has 0 radical (unpaired) electrons. The molecule has 1 aromatic rings. The number of hydrogen-bond donors (Lipinski definition) is 2. The van der Waals surface area contributed by atoms with Crippen LogP contribution in [-0.2, 0) is 6.42 Å². The van der Waals surface area contributed by atoms with Crippen molar-refractivity contribution in [3.05, 3.63) is 29.8 Å². The molecule has 0 saturated carbocycles. The molecule has 4 heteroatoms. The van der Waals surface area contributed by atoms with Gasteiger partial charge < -0.3 is 14.7 Å². The summed E-state index contributed by atoms with van der Waals surface area (Å²) in [6.07, 6.45) is 0.960. The lowest BCUT2D eigenvalue weighted by molar-refractivity contribution is 0.288. The Balaban J connectivity index is 2.65. The summed E-state index contributed by atoms with van der Waals surface area (Å²) in [7, 11) is -1.74. The van der Waals surface area contributed by atoms with E-state index in [1.165, 1.54) is 5.56 Å². The van der Waals surface area contributed by atoms with E-state index in [9.17, 15) is 0 Å². The van der Waals surface area contributed by atoms with Gasteiger partial charge in [0.25, 0.3) is 0 Å². The van der Waals surface area contributed by atoms with Crippen molar-refractivity contribution < 1.29 is 14.7 Å². The highest BCUT2D eigenvalue weighted by Gasteiger charge is 2.10. The average molecular weight is 166 g/mol. The fourth-order valence-corrected chi connectivity index (χ4v) is 0.925. The number of rotatable bonds is 3. The maximum atomic E-state index is 8.47. The molecule has 0 unspecified atom stereocenters. The van der Waals surface area contributed by atoms with Crippen molar-refractivity contribution in [2.75, 3.05) is 0 Å². The minimum absolute atomic E-state index is 0.460. The average Bonchev–Trinajstić information content (AvgIpc) is 2.05. The Labute approximate surface area is 71.8 Å². The van der Waals surface area contributed by atoms with Gasteiger partial charge in [0.15, 0.2) is 0 Å². The van der Waals surface area contributed by atoms with E-state index < -0.39 is 7.32 Å². The predicted octanol–water partition coefficient (Wildman–Crippen LogP) is 0.597. The smallest absolute Gasteiger partial charge is 0.512 e. The third-order valence-electron chi connectivity index (χ3n) is 1.57. The molecule has 64 valence electrons. The lowest BCUT2D eigenvalue weighted by Crippen LogP contribution is -2.20. The van der Waals surface area contributed by atoms with E-state index in [0.717, 1.165) is 6.42 Å². The zero-order valence-electron chi connectivity index (χ0n) is 6.90. The summed E-state index contributed by atoms with van der Waals surface area (Å²) < 4.78 is 4.62. The highest BCUT2D eigenvalue weighted by molar-refractivity contribution is 6.33. The van der Waals surface area contributed by atoms with E-state index in [-0.39, 0.29) is 0 Å². The SMILES string of the molecule is CCc1ccc(OB(O)O)cc1. The summed E-state index contributed by atoms with van der Waals surface area (Å²) in [4.78, 5) is 0. The normalized spacial score (nSPS) is 9.58. The van der Waals surface area contributed by atoms with Gasteiger partial charge in [-0.15, -0.1) is 0 Å². The van der Waals surface area contributed by atoms with Crippen LogP contribution in [0.4, 0.5) is 0 Å². The molecule has 1 aromatic carbocycles. The molecule has 0 amide bonds. The third-order valence-corrected chi connectivity index (χ3v) is 1.57. The van der Waals surface area contributed by atoms with E-state index in [0.29, 0.717) is 5.75 Å². The molecule has 0 bridgehead atoms. The van der Waals surface area contributed by atoms with Crippen LogP contribution in [0.3, 0.4) is 0 Å². The van der Waals surface area contributed by atoms with Crippen LogP contribution in [-0.4, -0.2) is 17.4 Å². The second-order valence-corrected chi connectivity index (χ2v) is 2.44. The van der Waals surface area contributed by atoms with Crippen molar-refractivity contribution in [2.45, 2.75) is 13.3 Å². The zero-order chi connectivity index (χ0) is 8.97. The van der Waals surface area contributed by atoms with E-state index in [2.05, 4.69) is 11.6 Å². The van der Waals surface area contributed by atoms with Gasteiger partial charge in [-0.25, -0.2) is 0 Å². The van der Waals surface area contributed by atoms with Crippen LogP contribution in [0.1, 0.15) is 12.5 Å². The minimum Gasteiger partial charge on any atom is -0.512 e. The van der Waals surface area contributed by atoms with Crippen molar-refractivity contribution in [2.24, 2.45) is 0 Å². The number of benzene rings is 1. The number of aryl methyl sites for hydroxylation is 1. The monoisotopic (exact) mass is 166 g/mol. The fourth-order valence-electron chi connectivity index (χ4n) is 0.925. The molecule has 2 N–H and O–H groups in total. The molecule has 3 nitrogen and oxygen atoms in total. The van der Waals surface area contributed by atoms with E-state index in [1.54, 1.807) is 12.1 Å². The quantitative estimate of drug-likeness (QED) is 0.646. The summed E-state index contributed by atoms with van der Waals surface area (Å²) in [5.74, 6) is 0.460. The molecule has 0 aliphatic rings. The van der Waals surface area contributed by atoms with E-state index in [4.69, 9.17) is 10.0 Å². The van der Waals surface area contributed by atoms with Gasteiger partial charge in [-0.3, -0.25) is 0 Å². The van der Waals surface area contributed by atoms with Gasteiger partial charge in [0.2, 0.25) is 0 Å². The van der Waals surface area contributed by atoms with Crippen molar-refractivity contribution in [3.8, 4) is 5.75 Å². The third kappa shape index (κ3) is 2.56. The van der Waals surface area contributed by atoms with Crippen LogP contribution >= 0.6 is 0 Å². The lowest BCUT2D eigenvalue weighted by atomic mass is 10.1. The first-order chi connectivity index (χ1) is 5.72. The Hall–Kier alpha value is -0.995. The van der Waals surface area contributed by atoms with Gasteiger partial charge in [-0.1, -0.05) is 19.1 Å². The molecule has 1 rings (SSSR count). The van der Waals surface area contributed by atoms with Crippen LogP contribution in [0.15, 0.2) is 24.3 Å². The molecule has 0 spiro atoms. The van der Waals surface area contributed by atoms with Crippen molar-refractivity contribution in [1.29, 1.82) is 0 Å². The van der Waals surface area contributed by atoms with Gasteiger partial charge in [-0.2, -0.15) is 0 Å². The first-order valence-electron chi connectivity index (χ1n) is 3.84. The van der Waals surface area contributed by atoms with Crippen molar-refractivity contribution >= 4 is 7.32 Å². The maximum Gasteiger partial charge on any atom is 0.707 e. The Bertz CT molecular complexity index is 233. The Morgan fingerprint density at radius 1 is 1.25 bits per heavy atom. The maximum absolute atomic E-state index is 8.47. The first-order valence-corrected chi connectivity index (χ1v) is 3.84. The second-order valence-electron chi connectivity index (χ2n) is 2.44. The largest absolute Gasteiger partial charge is 0.707 e. The minimum atomic E-state index is -1.74. The standard InChI is InChI=1S/C8H11BO3/c1-2-7-3-5-8(6-4-7)12-9(10)11/h3-6,10-11H,2H2,1H3. The summed E-state index contributed by atoms with van der Waals surface area (Å²) in [5.41, 5.74) is 1.19. The van der Waals surface area contributed by atoms with Crippen molar-refractivity contribution in [1.82, 2.24) is 0 Å². The summed E-state index contributed by atoms with van der Waals surface area (Å²) in [6.45, 7) is 2.05. The highest BCUT2D eigenvalue weighted by atomic mass is 16.6. The summed E-state index contributed by atoms with van der Waals surface area (Å²) in [6, 6.07) is 7.19. The molecule has 12 heavy (non-hydrogen) atoms. The fraction of sp³-hybridized carbons (Fsp3) is 0.250. The lowest BCUT2D eigenvalue weighted by Gasteiger charge is -2.04. The van der Waals surface area contributed by atoms with Crippen LogP contribution in [0, 0.1) is 0 Å². The Morgan fingerprint density at radius 3 is 2.25 bits per heavy atom. The van der Waals surface area contributed by atoms with E-state index in [1.807, 2.05) is 12.1 Å². The topological polar surface area (TPSA) is 49.7 Å².